The number of rotatable bonds is 1. The first-order valence-electron chi connectivity index (χ1n) is 5.89. The monoisotopic (exact) mass is 220 g/mol. The van der Waals surface area contributed by atoms with E-state index < -0.39 is 11.9 Å². The molecule has 1 aliphatic carbocycles. The fourth-order valence-corrected chi connectivity index (χ4v) is 2.49. The van der Waals surface area contributed by atoms with Gasteiger partial charge < -0.3 is 14.6 Å². The summed E-state index contributed by atoms with van der Waals surface area (Å²) in [5.74, 6) is 1.19. The Balaban J connectivity index is 1.91. The molecule has 1 aromatic rings. The summed E-state index contributed by atoms with van der Waals surface area (Å²) in [4.78, 5) is 0. The zero-order chi connectivity index (χ0) is 11.2. The Morgan fingerprint density at radius 2 is 1.88 bits per heavy atom. The molecule has 3 rings (SSSR count). The first-order chi connectivity index (χ1) is 7.69. The number of ether oxygens (including phenoxy) is 2. The summed E-state index contributed by atoms with van der Waals surface area (Å²) in [5.41, 5.74) is 0.873. The van der Waals surface area contributed by atoms with Crippen molar-refractivity contribution in [3.8, 4) is 11.5 Å². The number of fused-ring (bicyclic) bond motifs is 1. The highest BCUT2D eigenvalue weighted by atomic mass is 16.7. The Labute approximate surface area is 95.0 Å². The molecule has 0 radical (unpaired) electrons. The van der Waals surface area contributed by atoms with Gasteiger partial charge in [0.25, 0.3) is 5.79 Å². The van der Waals surface area contributed by atoms with Gasteiger partial charge in [-0.2, -0.15) is 0 Å². The number of hydrogen-bond acceptors (Lipinski definition) is 3. The third kappa shape index (κ3) is 1.47. The summed E-state index contributed by atoms with van der Waals surface area (Å²) in [5, 5.41) is 9.52. The van der Waals surface area contributed by atoms with Gasteiger partial charge >= 0.3 is 0 Å². The van der Waals surface area contributed by atoms with Crippen LogP contribution in [0.25, 0.3) is 0 Å². The fraction of sp³-hybridized carbons (Fsp3) is 0.538. The Bertz CT molecular complexity index is 406. The van der Waals surface area contributed by atoms with Crippen LogP contribution in [0.1, 0.15) is 44.3 Å². The number of benzene rings is 1. The van der Waals surface area contributed by atoms with Crippen LogP contribution in [0.15, 0.2) is 18.2 Å². The van der Waals surface area contributed by atoms with Gasteiger partial charge in [-0.05, 0) is 37.5 Å². The van der Waals surface area contributed by atoms with E-state index in [-0.39, 0.29) is 0 Å². The molecule has 0 amide bonds. The van der Waals surface area contributed by atoms with Gasteiger partial charge in [0.1, 0.15) is 0 Å². The van der Waals surface area contributed by atoms with Crippen LogP contribution >= 0.6 is 0 Å². The summed E-state index contributed by atoms with van der Waals surface area (Å²) in [6, 6.07) is 5.67. The predicted molar refractivity (Wildman–Crippen MR) is 59.5 cm³/mol. The molecule has 1 saturated carbocycles. The molecule has 3 heteroatoms. The van der Waals surface area contributed by atoms with E-state index in [2.05, 4.69) is 0 Å². The van der Waals surface area contributed by atoms with Crippen molar-refractivity contribution >= 4 is 0 Å². The molecule has 1 atom stereocenters. The van der Waals surface area contributed by atoms with Gasteiger partial charge in [0.15, 0.2) is 11.5 Å². The van der Waals surface area contributed by atoms with E-state index in [0.29, 0.717) is 0 Å². The molecule has 16 heavy (non-hydrogen) atoms. The molecule has 1 aromatic carbocycles. The highest BCUT2D eigenvalue weighted by molar-refractivity contribution is 5.46. The van der Waals surface area contributed by atoms with E-state index in [4.69, 9.17) is 9.47 Å². The van der Waals surface area contributed by atoms with Crippen molar-refractivity contribution in [1.82, 2.24) is 0 Å². The van der Waals surface area contributed by atoms with Crippen LogP contribution in [0, 0.1) is 0 Å². The van der Waals surface area contributed by atoms with Gasteiger partial charge in [0, 0.05) is 12.8 Å². The minimum atomic E-state index is -0.464. The highest BCUT2D eigenvalue weighted by Gasteiger charge is 2.44. The van der Waals surface area contributed by atoms with Gasteiger partial charge in [-0.3, -0.25) is 0 Å². The second kappa shape index (κ2) is 3.39. The maximum absolute atomic E-state index is 9.52. The Hall–Kier alpha value is -1.22. The number of aliphatic hydroxyl groups excluding tert-OH is 1. The van der Waals surface area contributed by atoms with Gasteiger partial charge in [-0.15, -0.1) is 0 Å². The molecular formula is C13H16O3. The molecule has 1 spiro atoms. The van der Waals surface area contributed by atoms with E-state index >= 15 is 0 Å². The van der Waals surface area contributed by atoms with Crippen molar-refractivity contribution in [1.29, 1.82) is 0 Å². The first kappa shape index (κ1) is 9.97. The van der Waals surface area contributed by atoms with Crippen molar-refractivity contribution in [2.45, 2.75) is 44.5 Å². The van der Waals surface area contributed by atoms with Crippen LogP contribution in [0.4, 0.5) is 0 Å². The van der Waals surface area contributed by atoms with Crippen LogP contribution < -0.4 is 9.47 Å². The largest absolute Gasteiger partial charge is 0.448 e. The van der Waals surface area contributed by atoms with Crippen LogP contribution in [-0.4, -0.2) is 10.9 Å². The zero-order valence-electron chi connectivity index (χ0n) is 9.40. The van der Waals surface area contributed by atoms with Crippen LogP contribution in [0.3, 0.4) is 0 Å². The smallest absolute Gasteiger partial charge is 0.251 e. The lowest BCUT2D eigenvalue weighted by Crippen LogP contribution is -2.34. The maximum atomic E-state index is 9.52. The van der Waals surface area contributed by atoms with Gasteiger partial charge in [-0.1, -0.05) is 6.07 Å². The molecule has 1 N–H and O–H groups in total. The van der Waals surface area contributed by atoms with Crippen molar-refractivity contribution in [2.75, 3.05) is 0 Å². The minimum Gasteiger partial charge on any atom is -0.448 e. The molecule has 1 aliphatic heterocycles. The molecule has 2 aliphatic rings. The van der Waals surface area contributed by atoms with E-state index in [1.165, 1.54) is 0 Å². The average Bonchev–Trinajstić information content (AvgIpc) is 2.84. The molecule has 1 fully saturated rings. The summed E-state index contributed by atoms with van der Waals surface area (Å²) in [7, 11) is 0. The van der Waals surface area contributed by atoms with Crippen LogP contribution in [0.5, 0.6) is 11.5 Å². The average molecular weight is 220 g/mol. The second-order valence-electron chi connectivity index (χ2n) is 4.70. The number of aliphatic hydroxyl groups is 1. The van der Waals surface area contributed by atoms with Crippen LogP contribution in [0.2, 0.25) is 0 Å². The van der Waals surface area contributed by atoms with Crippen molar-refractivity contribution in [3.05, 3.63) is 23.8 Å². The Morgan fingerprint density at radius 1 is 1.19 bits per heavy atom. The minimum absolute atomic E-state index is 0.403. The fourth-order valence-electron chi connectivity index (χ4n) is 2.49. The predicted octanol–water partition coefficient (Wildman–Crippen LogP) is 2.78. The van der Waals surface area contributed by atoms with Crippen LogP contribution in [-0.2, 0) is 0 Å². The van der Waals surface area contributed by atoms with Gasteiger partial charge in [0.2, 0.25) is 0 Å². The third-order valence-corrected chi connectivity index (χ3v) is 3.41. The molecule has 0 saturated heterocycles. The van der Waals surface area contributed by atoms with E-state index in [0.717, 1.165) is 42.7 Å². The lowest BCUT2D eigenvalue weighted by Gasteiger charge is -2.21. The first-order valence-corrected chi connectivity index (χ1v) is 5.89. The molecule has 1 unspecified atom stereocenters. The molecular weight excluding hydrogens is 204 g/mol. The summed E-state index contributed by atoms with van der Waals surface area (Å²) in [6.45, 7) is 1.75. The summed E-state index contributed by atoms with van der Waals surface area (Å²) >= 11 is 0. The van der Waals surface area contributed by atoms with Gasteiger partial charge in [-0.25, -0.2) is 0 Å². The zero-order valence-corrected chi connectivity index (χ0v) is 9.40. The third-order valence-electron chi connectivity index (χ3n) is 3.41. The number of hydrogen-bond donors (Lipinski definition) is 1. The summed E-state index contributed by atoms with van der Waals surface area (Å²) < 4.78 is 11.8. The molecule has 0 bridgehead atoms. The maximum Gasteiger partial charge on any atom is 0.251 e. The van der Waals surface area contributed by atoms with Crippen molar-refractivity contribution in [3.63, 3.8) is 0 Å². The second-order valence-corrected chi connectivity index (χ2v) is 4.70. The molecule has 86 valence electrons. The van der Waals surface area contributed by atoms with Crippen molar-refractivity contribution in [2.24, 2.45) is 0 Å². The SMILES string of the molecule is CC(O)c1ccc2c(c1)OC1(CCCC1)O2. The summed E-state index contributed by atoms with van der Waals surface area (Å²) in [6.07, 6.45) is 3.79. The van der Waals surface area contributed by atoms with E-state index in [1.54, 1.807) is 6.92 Å². The Morgan fingerprint density at radius 3 is 2.56 bits per heavy atom. The Kier molecular flexibility index (Phi) is 2.11. The lowest BCUT2D eigenvalue weighted by atomic mass is 10.1. The molecule has 0 aromatic heterocycles. The van der Waals surface area contributed by atoms with Crippen molar-refractivity contribution < 1.29 is 14.6 Å². The standard InChI is InChI=1S/C13H16O3/c1-9(14)10-4-5-11-12(8-10)16-13(15-11)6-2-3-7-13/h4-5,8-9,14H,2-3,6-7H2,1H3. The highest BCUT2D eigenvalue weighted by Crippen LogP contribution is 2.47. The molecule has 3 nitrogen and oxygen atoms in total. The normalized spacial score (nSPS) is 22.6. The topological polar surface area (TPSA) is 38.7 Å². The van der Waals surface area contributed by atoms with E-state index in [1.807, 2.05) is 18.2 Å². The van der Waals surface area contributed by atoms with E-state index in [9.17, 15) is 5.11 Å². The molecule has 1 heterocycles. The lowest BCUT2D eigenvalue weighted by molar-refractivity contribution is -0.0716. The van der Waals surface area contributed by atoms with Gasteiger partial charge in [0.05, 0.1) is 6.10 Å². The quantitative estimate of drug-likeness (QED) is 0.791.